The number of hydrogen-bond donors (Lipinski definition) is 1. The van der Waals surface area contributed by atoms with E-state index in [1.165, 1.54) is 0 Å². The van der Waals surface area contributed by atoms with Crippen LogP contribution in [-0.4, -0.2) is 21.8 Å². The molecular weight excluding hydrogens is 360 g/mol. The molecule has 6 heteroatoms. The Kier molecular flexibility index (Phi) is 4.53. The van der Waals surface area contributed by atoms with Crippen LogP contribution in [0.3, 0.4) is 0 Å². The molecule has 0 saturated heterocycles. The van der Waals surface area contributed by atoms with Crippen molar-refractivity contribution in [3.05, 3.63) is 44.9 Å². The lowest BCUT2D eigenvalue weighted by atomic mass is 10.1. The first-order chi connectivity index (χ1) is 8.67. The zero-order chi connectivity index (χ0) is 13.1. The van der Waals surface area contributed by atoms with Gasteiger partial charge in [0, 0.05) is 27.9 Å². The monoisotopic (exact) mass is 372 g/mol. The minimum Gasteiger partial charge on any atom is -0.307 e. The molecule has 2 aromatic heterocycles. The van der Waals surface area contributed by atoms with Crippen LogP contribution in [0.25, 0.3) is 0 Å². The second-order valence-electron chi connectivity index (χ2n) is 3.81. The minimum absolute atomic E-state index is 0.0231. The van der Waals surface area contributed by atoms with E-state index in [2.05, 4.69) is 54.2 Å². The van der Waals surface area contributed by atoms with Crippen molar-refractivity contribution in [3.8, 4) is 0 Å². The first kappa shape index (κ1) is 13.7. The smallest absolute Gasteiger partial charge is 0.0931 e. The van der Waals surface area contributed by atoms with Crippen LogP contribution < -0.4 is 5.32 Å². The molecule has 0 fully saturated rings. The van der Waals surface area contributed by atoms with E-state index in [1.807, 2.05) is 30.1 Å². The molecule has 1 N–H and O–H groups in total. The number of nitrogens with one attached hydrogen (secondary N) is 1. The van der Waals surface area contributed by atoms with E-state index >= 15 is 0 Å². The van der Waals surface area contributed by atoms with Gasteiger partial charge in [0.2, 0.25) is 0 Å². The predicted molar refractivity (Wildman–Crippen MR) is 78.4 cm³/mol. The number of aryl methyl sites for hydroxylation is 1. The first-order valence-corrected chi connectivity index (χ1v) is 7.25. The second kappa shape index (κ2) is 5.95. The highest BCUT2D eigenvalue weighted by molar-refractivity contribution is 9.11. The summed E-state index contributed by atoms with van der Waals surface area (Å²) in [5, 5.41) is 7.59. The normalized spacial score (nSPS) is 12.7. The van der Waals surface area contributed by atoms with E-state index < -0.39 is 0 Å². The van der Waals surface area contributed by atoms with Crippen molar-refractivity contribution in [3.63, 3.8) is 0 Å². The summed E-state index contributed by atoms with van der Waals surface area (Å²) in [4.78, 5) is 4.48. The molecule has 0 radical (unpaired) electrons. The summed E-state index contributed by atoms with van der Waals surface area (Å²) >= 11 is 6.97. The Bertz CT molecular complexity index is 539. The summed E-state index contributed by atoms with van der Waals surface area (Å²) in [6.07, 6.45) is 3.62. The lowest BCUT2D eigenvalue weighted by Crippen LogP contribution is -2.22. The molecule has 1 unspecified atom stereocenters. The van der Waals surface area contributed by atoms with Crippen LogP contribution in [0.5, 0.6) is 0 Å². The molecule has 1 atom stereocenters. The van der Waals surface area contributed by atoms with Crippen LogP contribution in [0.2, 0.25) is 0 Å². The molecule has 0 bridgehead atoms. The highest BCUT2D eigenvalue weighted by atomic mass is 79.9. The summed E-state index contributed by atoms with van der Waals surface area (Å²) in [7, 11) is 1.92. The summed E-state index contributed by atoms with van der Waals surface area (Å²) in [6.45, 7) is 2.92. The molecule has 18 heavy (non-hydrogen) atoms. The van der Waals surface area contributed by atoms with Crippen LogP contribution in [0.1, 0.15) is 24.4 Å². The average molecular weight is 374 g/mol. The van der Waals surface area contributed by atoms with Gasteiger partial charge >= 0.3 is 0 Å². The molecule has 0 aromatic carbocycles. The minimum atomic E-state index is 0.0231. The van der Waals surface area contributed by atoms with Gasteiger partial charge in [-0.05, 0) is 58.0 Å². The van der Waals surface area contributed by atoms with Gasteiger partial charge in [0.1, 0.15) is 0 Å². The van der Waals surface area contributed by atoms with Crippen molar-refractivity contribution >= 4 is 31.9 Å². The van der Waals surface area contributed by atoms with E-state index in [-0.39, 0.29) is 6.04 Å². The SMILES string of the molecule is CCn1nccc1C(NC)c1ncc(Br)cc1Br. The number of nitrogens with zero attached hydrogens (tertiary/aromatic N) is 3. The standard InChI is InChI=1S/C12H14Br2N4/c1-3-18-10(4-5-17-18)12(15-2)11-9(14)6-8(13)7-16-11/h4-7,12,15H,3H2,1-2H3. The molecule has 0 amide bonds. The summed E-state index contributed by atoms with van der Waals surface area (Å²) in [5.74, 6) is 0. The fourth-order valence-corrected chi connectivity index (χ4v) is 3.13. The van der Waals surface area contributed by atoms with Crippen LogP contribution >= 0.6 is 31.9 Å². The van der Waals surface area contributed by atoms with Gasteiger partial charge in [0.25, 0.3) is 0 Å². The van der Waals surface area contributed by atoms with E-state index in [4.69, 9.17) is 0 Å². The lowest BCUT2D eigenvalue weighted by Gasteiger charge is -2.18. The van der Waals surface area contributed by atoms with Gasteiger partial charge in [-0.15, -0.1) is 0 Å². The number of pyridine rings is 1. The van der Waals surface area contributed by atoms with Gasteiger partial charge in [-0.1, -0.05) is 0 Å². The van der Waals surface area contributed by atoms with E-state index in [0.29, 0.717) is 0 Å². The van der Waals surface area contributed by atoms with E-state index in [0.717, 1.165) is 26.9 Å². The molecule has 0 aliphatic heterocycles. The summed E-state index contributed by atoms with van der Waals surface area (Å²) < 4.78 is 3.90. The first-order valence-electron chi connectivity index (χ1n) is 5.67. The molecule has 0 spiro atoms. The molecule has 4 nitrogen and oxygen atoms in total. The van der Waals surface area contributed by atoms with E-state index in [9.17, 15) is 0 Å². The predicted octanol–water partition coefficient (Wildman–Crippen LogP) is 3.13. The Balaban J connectivity index is 2.45. The third kappa shape index (κ3) is 2.65. The molecule has 2 aromatic rings. The molecule has 0 saturated carbocycles. The van der Waals surface area contributed by atoms with Gasteiger partial charge < -0.3 is 5.32 Å². The highest BCUT2D eigenvalue weighted by Crippen LogP contribution is 2.28. The maximum absolute atomic E-state index is 4.48. The number of halogens is 2. The van der Waals surface area contributed by atoms with Crippen molar-refractivity contribution in [1.82, 2.24) is 20.1 Å². The maximum atomic E-state index is 4.48. The average Bonchev–Trinajstić information content (AvgIpc) is 2.81. The topological polar surface area (TPSA) is 42.7 Å². The Hall–Kier alpha value is -0.720. The zero-order valence-electron chi connectivity index (χ0n) is 10.2. The zero-order valence-corrected chi connectivity index (χ0v) is 13.4. The Morgan fingerprint density at radius 3 is 2.83 bits per heavy atom. The fraction of sp³-hybridized carbons (Fsp3) is 0.333. The number of rotatable bonds is 4. The third-order valence-electron chi connectivity index (χ3n) is 2.74. The van der Waals surface area contributed by atoms with Gasteiger partial charge in [-0.25, -0.2) is 0 Å². The largest absolute Gasteiger partial charge is 0.307 e. The molecule has 2 heterocycles. The quantitative estimate of drug-likeness (QED) is 0.895. The second-order valence-corrected chi connectivity index (χ2v) is 5.58. The van der Waals surface area contributed by atoms with Crippen molar-refractivity contribution in [1.29, 1.82) is 0 Å². The van der Waals surface area contributed by atoms with Crippen LogP contribution in [0.4, 0.5) is 0 Å². The Morgan fingerprint density at radius 2 is 2.22 bits per heavy atom. The highest BCUT2D eigenvalue weighted by Gasteiger charge is 2.20. The van der Waals surface area contributed by atoms with Crippen molar-refractivity contribution in [2.75, 3.05) is 7.05 Å². The van der Waals surface area contributed by atoms with Crippen LogP contribution in [-0.2, 0) is 6.54 Å². The van der Waals surface area contributed by atoms with E-state index in [1.54, 1.807) is 6.20 Å². The maximum Gasteiger partial charge on any atom is 0.0931 e. The molecule has 0 aliphatic carbocycles. The number of aromatic nitrogens is 3. The summed E-state index contributed by atoms with van der Waals surface area (Å²) in [6, 6.07) is 4.04. The van der Waals surface area contributed by atoms with Crippen molar-refractivity contribution in [2.45, 2.75) is 19.5 Å². The van der Waals surface area contributed by atoms with Gasteiger partial charge in [-0.2, -0.15) is 5.10 Å². The van der Waals surface area contributed by atoms with Crippen molar-refractivity contribution < 1.29 is 0 Å². The Morgan fingerprint density at radius 1 is 1.44 bits per heavy atom. The fourth-order valence-electron chi connectivity index (χ4n) is 1.91. The molecule has 96 valence electrons. The van der Waals surface area contributed by atoms with Crippen LogP contribution in [0.15, 0.2) is 33.5 Å². The van der Waals surface area contributed by atoms with Crippen molar-refractivity contribution in [2.24, 2.45) is 0 Å². The molecule has 0 aliphatic rings. The van der Waals surface area contributed by atoms with Gasteiger partial charge in [0.05, 0.1) is 17.4 Å². The van der Waals surface area contributed by atoms with Gasteiger partial charge in [0.15, 0.2) is 0 Å². The summed E-state index contributed by atoms with van der Waals surface area (Å²) in [5.41, 5.74) is 2.06. The van der Waals surface area contributed by atoms with Gasteiger partial charge in [-0.3, -0.25) is 9.67 Å². The molecule has 2 rings (SSSR count). The van der Waals surface area contributed by atoms with Crippen LogP contribution in [0, 0.1) is 0 Å². The molecular formula is C12H14Br2N4. The number of hydrogen-bond acceptors (Lipinski definition) is 3. The lowest BCUT2D eigenvalue weighted by molar-refractivity contribution is 0.554. The third-order valence-corrected chi connectivity index (χ3v) is 3.81. The Labute approximate surface area is 123 Å².